The first-order valence-electron chi connectivity index (χ1n) is 13.4. The monoisotopic (exact) mass is 481 g/mol. The van der Waals surface area contributed by atoms with Gasteiger partial charge in [-0.15, -0.1) is 0 Å². The molecular weight excluding hydrogens is 446 g/mol. The summed E-state index contributed by atoms with van der Waals surface area (Å²) < 4.78 is 0. The van der Waals surface area contributed by atoms with Gasteiger partial charge in [0.2, 0.25) is 0 Å². The predicted octanol–water partition coefficient (Wildman–Crippen LogP) is 9.66. The number of rotatable bonds is 9. The summed E-state index contributed by atoms with van der Waals surface area (Å²) in [5, 5.41) is 0. The summed E-state index contributed by atoms with van der Waals surface area (Å²) in [5.74, 6) is 0.326. The van der Waals surface area contributed by atoms with E-state index in [2.05, 4.69) is 152 Å². The Labute approximate surface area is 222 Å². The van der Waals surface area contributed by atoms with Gasteiger partial charge in [-0.2, -0.15) is 0 Å². The maximum absolute atomic E-state index is 2.36. The Kier molecular flexibility index (Phi) is 7.81. The van der Waals surface area contributed by atoms with Gasteiger partial charge in [-0.3, -0.25) is 0 Å². The molecule has 0 saturated carbocycles. The average Bonchev–Trinajstić information content (AvgIpc) is 2.98. The van der Waals surface area contributed by atoms with E-state index in [0.717, 1.165) is 19.3 Å². The summed E-state index contributed by atoms with van der Waals surface area (Å²) in [6.07, 6.45) is 3.05. The van der Waals surface area contributed by atoms with E-state index in [1.807, 2.05) is 0 Å². The highest BCUT2D eigenvalue weighted by molar-refractivity contribution is 5.76. The SMILES string of the molecule is CCc1ccc(N(c2ccc(CC)cc2)c2ccc(CC(c3ccccc3)c3ccccc3)cc2)cc1. The normalized spacial score (nSPS) is 11.0. The van der Waals surface area contributed by atoms with E-state index in [-0.39, 0.29) is 0 Å². The van der Waals surface area contributed by atoms with Gasteiger partial charge in [-0.1, -0.05) is 111 Å². The second-order valence-corrected chi connectivity index (χ2v) is 9.62. The quantitative estimate of drug-likeness (QED) is 0.202. The molecule has 0 spiro atoms. The van der Waals surface area contributed by atoms with Crippen LogP contribution in [0.25, 0.3) is 0 Å². The molecule has 0 heterocycles. The van der Waals surface area contributed by atoms with Crippen molar-refractivity contribution in [2.45, 2.75) is 39.0 Å². The third kappa shape index (κ3) is 5.84. The number of anilines is 3. The molecule has 1 nitrogen and oxygen atoms in total. The van der Waals surface area contributed by atoms with Crippen molar-refractivity contribution in [3.05, 3.63) is 161 Å². The van der Waals surface area contributed by atoms with E-state index in [9.17, 15) is 0 Å². The van der Waals surface area contributed by atoms with Gasteiger partial charge in [0.1, 0.15) is 0 Å². The van der Waals surface area contributed by atoms with Gasteiger partial charge in [0.25, 0.3) is 0 Å². The Bertz CT molecular complexity index is 1280. The van der Waals surface area contributed by atoms with Crippen LogP contribution in [0.3, 0.4) is 0 Å². The summed E-state index contributed by atoms with van der Waals surface area (Å²) in [5.41, 5.74) is 10.3. The fraction of sp³-hybridized carbons (Fsp3) is 0.167. The maximum atomic E-state index is 2.36. The molecule has 37 heavy (non-hydrogen) atoms. The molecule has 0 N–H and O–H groups in total. The first kappa shape index (κ1) is 24.6. The number of benzene rings is 5. The summed E-state index contributed by atoms with van der Waals surface area (Å²) in [6.45, 7) is 4.40. The van der Waals surface area contributed by atoms with E-state index in [1.54, 1.807) is 0 Å². The van der Waals surface area contributed by atoms with E-state index in [0.29, 0.717) is 5.92 Å². The zero-order chi connectivity index (χ0) is 25.5. The van der Waals surface area contributed by atoms with Crippen LogP contribution in [0.15, 0.2) is 133 Å². The minimum Gasteiger partial charge on any atom is -0.311 e. The fourth-order valence-corrected chi connectivity index (χ4v) is 5.02. The molecule has 0 atom stereocenters. The fourth-order valence-electron chi connectivity index (χ4n) is 5.02. The Morgan fingerprint density at radius 2 is 0.784 bits per heavy atom. The molecule has 0 bridgehead atoms. The lowest BCUT2D eigenvalue weighted by Gasteiger charge is -2.26. The summed E-state index contributed by atoms with van der Waals surface area (Å²) in [6, 6.07) is 48.7. The molecule has 0 unspecified atom stereocenters. The van der Waals surface area contributed by atoms with Gasteiger partial charge >= 0.3 is 0 Å². The molecule has 0 aliphatic heterocycles. The molecule has 0 fully saturated rings. The van der Waals surface area contributed by atoms with Gasteiger partial charge in [0, 0.05) is 23.0 Å². The van der Waals surface area contributed by atoms with Crippen LogP contribution < -0.4 is 4.90 Å². The smallest absolute Gasteiger partial charge is 0.0461 e. The summed E-state index contributed by atoms with van der Waals surface area (Å²) in [4.78, 5) is 2.36. The van der Waals surface area contributed by atoms with Crippen LogP contribution in [0.4, 0.5) is 17.1 Å². The van der Waals surface area contributed by atoms with Gasteiger partial charge < -0.3 is 4.90 Å². The van der Waals surface area contributed by atoms with Crippen LogP contribution >= 0.6 is 0 Å². The largest absolute Gasteiger partial charge is 0.311 e. The third-order valence-corrected chi connectivity index (χ3v) is 7.24. The molecular formula is C36H35N. The van der Waals surface area contributed by atoms with Crippen LogP contribution in [-0.4, -0.2) is 0 Å². The van der Waals surface area contributed by atoms with Gasteiger partial charge in [0.15, 0.2) is 0 Å². The van der Waals surface area contributed by atoms with Gasteiger partial charge in [0.05, 0.1) is 0 Å². The molecule has 5 aromatic rings. The van der Waals surface area contributed by atoms with Crippen molar-refractivity contribution in [1.82, 2.24) is 0 Å². The Morgan fingerprint density at radius 3 is 1.14 bits per heavy atom. The van der Waals surface area contributed by atoms with E-state index in [1.165, 1.54) is 44.9 Å². The van der Waals surface area contributed by atoms with Crippen LogP contribution in [0.5, 0.6) is 0 Å². The van der Waals surface area contributed by atoms with Gasteiger partial charge in [-0.25, -0.2) is 0 Å². The Morgan fingerprint density at radius 1 is 0.432 bits per heavy atom. The molecule has 0 saturated heterocycles. The summed E-state index contributed by atoms with van der Waals surface area (Å²) in [7, 11) is 0. The number of hydrogen-bond acceptors (Lipinski definition) is 1. The van der Waals surface area contributed by atoms with Crippen LogP contribution in [0.1, 0.15) is 47.6 Å². The first-order chi connectivity index (χ1) is 18.2. The molecule has 184 valence electrons. The zero-order valence-electron chi connectivity index (χ0n) is 21.8. The highest BCUT2D eigenvalue weighted by Crippen LogP contribution is 2.36. The zero-order valence-corrected chi connectivity index (χ0v) is 21.8. The van der Waals surface area contributed by atoms with E-state index in [4.69, 9.17) is 0 Å². The third-order valence-electron chi connectivity index (χ3n) is 7.24. The Hall–Kier alpha value is -4.10. The molecule has 0 aliphatic rings. The molecule has 0 aromatic heterocycles. The highest BCUT2D eigenvalue weighted by Gasteiger charge is 2.16. The number of nitrogens with zero attached hydrogens (tertiary/aromatic N) is 1. The van der Waals surface area contributed by atoms with Crippen molar-refractivity contribution in [1.29, 1.82) is 0 Å². The van der Waals surface area contributed by atoms with Crippen LogP contribution in [0, 0.1) is 0 Å². The molecule has 1 heteroatoms. The molecule has 5 rings (SSSR count). The lowest BCUT2D eigenvalue weighted by molar-refractivity contribution is 0.805. The van der Waals surface area contributed by atoms with Crippen LogP contribution in [-0.2, 0) is 19.3 Å². The second kappa shape index (κ2) is 11.8. The molecule has 0 aliphatic carbocycles. The molecule has 0 amide bonds. The molecule has 5 aromatic carbocycles. The predicted molar refractivity (Wildman–Crippen MR) is 158 cm³/mol. The lowest BCUT2D eigenvalue weighted by atomic mass is 9.86. The Balaban J connectivity index is 1.47. The van der Waals surface area contributed by atoms with Crippen LogP contribution in [0.2, 0.25) is 0 Å². The minimum absolute atomic E-state index is 0.326. The highest BCUT2D eigenvalue weighted by atomic mass is 15.1. The number of aryl methyl sites for hydroxylation is 2. The van der Waals surface area contributed by atoms with Gasteiger partial charge in [-0.05, 0) is 83.5 Å². The second-order valence-electron chi connectivity index (χ2n) is 9.62. The van der Waals surface area contributed by atoms with Crippen molar-refractivity contribution in [3.63, 3.8) is 0 Å². The first-order valence-corrected chi connectivity index (χ1v) is 13.4. The maximum Gasteiger partial charge on any atom is 0.0461 e. The van der Waals surface area contributed by atoms with Crippen molar-refractivity contribution in [3.8, 4) is 0 Å². The van der Waals surface area contributed by atoms with Crippen molar-refractivity contribution in [2.75, 3.05) is 4.90 Å². The molecule has 0 radical (unpaired) electrons. The lowest BCUT2D eigenvalue weighted by Crippen LogP contribution is -2.10. The summed E-state index contributed by atoms with van der Waals surface area (Å²) >= 11 is 0. The number of hydrogen-bond donors (Lipinski definition) is 0. The van der Waals surface area contributed by atoms with Crippen molar-refractivity contribution < 1.29 is 0 Å². The average molecular weight is 482 g/mol. The van der Waals surface area contributed by atoms with E-state index < -0.39 is 0 Å². The van der Waals surface area contributed by atoms with Crippen molar-refractivity contribution in [2.24, 2.45) is 0 Å². The van der Waals surface area contributed by atoms with E-state index >= 15 is 0 Å². The standard InChI is InChI=1S/C36H35N/c1-3-28-15-21-33(22-16-28)37(34-23-17-29(4-2)18-24-34)35-25-19-30(20-26-35)27-36(31-11-7-5-8-12-31)32-13-9-6-10-14-32/h5-26,36H,3-4,27H2,1-2H3. The topological polar surface area (TPSA) is 3.24 Å². The van der Waals surface area contributed by atoms with Crippen molar-refractivity contribution >= 4 is 17.1 Å². The minimum atomic E-state index is 0.326.